The number of carbonyl (C=O) groups is 1. The average molecular weight is 257 g/mol. The first kappa shape index (κ1) is 10.4. The van der Waals surface area contributed by atoms with Gasteiger partial charge in [-0.25, -0.2) is 14.8 Å². The van der Waals surface area contributed by atoms with Crippen molar-refractivity contribution in [2.75, 3.05) is 12.4 Å². The fraction of sp³-hybridized carbons (Fsp3) is 0.143. The normalized spacial score (nSPS) is 8.93. The molecule has 0 unspecified atom stereocenters. The quantitative estimate of drug-likeness (QED) is 0.818. The third-order valence-corrected chi connectivity index (χ3v) is 1.64. The molecule has 1 amide bonds. The molecule has 0 atom stereocenters. The van der Waals surface area contributed by atoms with Gasteiger partial charge in [0.2, 0.25) is 0 Å². The van der Waals surface area contributed by atoms with Crippen LogP contribution in [-0.2, 0) is 4.74 Å². The lowest BCUT2D eigenvalue weighted by atomic mass is 10.4. The third kappa shape index (κ3) is 2.40. The fourth-order valence-electron chi connectivity index (χ4n) is 0.685. The number of carbonyl (C=O) groups excluding carboxylic acids is 1. The molecular formula is C7H5BrN4O2. The van der Waals surface area contributed by atoms with E-state index >= 15 is 0 Å². The number of ether oxygens (including phenoxy) is 1. The number of hydrogen-bond donors (Lipinski definition) is 1. The standard InChI is InChI=1S/C7H5BrN4O2/c1-14-7(13)12-6-4(2-9)11-5(8)3-10-6/h3H,1H3,(H,10,12,13). The van der Waals surface area contributed by atoms with E-state index in [9.17, 15) is 4.79 Å². The Labute approximate surface area is 88.1 Å². The van der Waals surface area contributed by atoms with Crippen LogP contribution in [0.5, 0.6) is 0 Å². The SMILES string of the molecule is COC(=O)Nc1ncc(Br)nc1C#N. The largest absolute Gasteiger partial charge is 0.453 e. The first-order valence-electron chi connectivity index (χ1n) is 3.45. The van der Waals surface area contributed by atoms with Crippen LogP contribution < -0.4 is 5.32 Å². The molecule has 0 aliphatic carbocycles. The van der Waals surface area contributed by atoms with E-state index in [1.165, 1.54) is 13.3 Å². The van der Waals surface area contributed by atoms with Crippen LogP contribution in [0, 0.1) is 11.3 Å². The number of methoxy groups -OCH3 is 1. The predicted molar refractivity (Wildman–Crippen MR) is 50.5 cm³/mol. The second-order valence-corrected chi connectivity index (χ2v) is 2.93. The van der Waals surface area contributed by atoms with Gasteiger partial charge in [0, 0.05) is 0 Å². The number of nitrogens with one attached hydrogen (secondary N) is 1. The second-order valence-electron chi connectivity index (χ2n) is 2.12. The Morgan fingerprint density at radius 2 is 2.50 bits per heavy atom. The van der Waals surface area contributed by atoms with Gasteiger partial charge in [0.1, 0.15) is 10.7 Å². The molecule has 0 saturated heterocycles. The van der Waals surface area contributed by atoms with E-state index in [0.717, 1.165) is 0 Å². The van der Waals surface area contributed by atoms with Crippen molar-refractivity contribution < 1.29 is 9.53 Å². The molecule has 0 aliphatic heterocycles. The van der Waals surface area contributed by atoms with Crippen molar-refractivity contribution in [1.29, 1.82) is 5.26 Å². The van der Waals surface area contributed by atoms with Crippen LogP contribution in [0.4, 0.5) is 10.6 Å². The predicted octanol–water partition coefficient (Wildman–Crippen LogP) is 1.29. The molecule has 1 N–H and O–H groups in total. The van der Waals surface area contributed by atoms with Crippen LogP contribution in [0.2, 0.25) is 0 Å². The van der Waals surface area contributed by atoms with E-state index in [2.05, 4.69) is 36.0 Å². The maximum Gasteiger partial charge on any atom is 0.412 e. The van der Waals surface area contributed by atoms with Crippen LogP contribution in [0.25, 0.3) is 0 Å². The molecule has 0 saturated carbocycles. The first-order valence-corrected chi connectivity index (χ1v) is 4.24. The Hall–Kier alpha value is -1.68. The molecule has 0 fully saturated rings. The lowest BCUT2D eigenvalue weighted by Gasteiger charge is -2.03. The lowest BCUT2D eigenvalue weighted by Crippen LogP contribution is -2.13. The maximum atomic E-state index is 10.8. The summed E-state index contributed by atoms with van der Waals surface area (Å²) < 4.78 is 4.77. The minimum atomic E-state index is -0.696. The highest BCUT2D eigenvalue weighted by atomic mass is 79.9. The molecule has 0 aliphatic rings. The topological polar surface area (TPSA) is 87.9 Å². The summed E-state index contributed by atoms with van der Waals surface area (Å²) in [5.74, 6) is 0.0718. The number of nitrogens with zero attached hydrogens (tertiary/aromatic N) is 3. The number of amides is 1. The van der Waals surface area contributed by atoms with Crippen molar-refractivity contribution in [2.24, 2.45) is 0 Å². The van der Waals surface area contributed by atoms with Crippen LogP contribution in [0.3, 0.4) is 0 Å². The van der Waals surface area contributed by atoms with Crippen molar-refractivity contribution in [3.05, 3.63) is 16.5 Å². The zero-order valence-corrected chi connectivity index (χ0v) is 8.70. The third-order valence-electron chi connectivity index (χ3n) is 1.25. The molecule has 0 radical (unpaired) electrons. The summed E-state index contributed by atoms with van der Waals surface area (Å²) >= 11 is 3.05. The van der Waals surface area contributed by atoms with Gasteiger partial charge in [0.05, 0.1) is 13.3 Å². The average Bonchev–Trinajstić information content (AvgIpc) is 2.20. The van der Waals surface area contributed by atoms with Gasteiger partial charge >= 0.3 is 6.09 Å². The molecule has 1 aromatic heterocycles. The molecular weight excluding hydrogens is 252 g/mol. The Morgan fingerprint density at radius 1 is 1.79 bits per heavy atom. The van der Waals surface area contributed by atoms with E-state index in [4.69, 9.17) is 5.26 Å². The second kappa shape index (κ2) is 4.53. The van der Waals surface area contributed by atoms with Gasteiger partial charge < -0.3 is 4.74 Å². The molecule has 1 aromatic rings. The zero-order valence-electron chi connectivity index (χ0n) is 7.11. The van der Waals surface area contributed by atoms with Gasteiger partial charge in [-0.1, -0.05) is 0 Å². The van der Waals surface area contributed by atoms with Gasteiger partial charge in [-0.05, 0) is 15.9 Å². The summed E-state index contributed by atoms with van der Waals surface area (Å²) in [7, 11) is 1.22. The monoisotopic (exact) mass is 256 g/mol. The van der Waals surface area contributed by atoms with Crippen LogP contribution in [-0.4, -0.2) is 23.2 Å². The molecule has 1 rings (SSSR count). The minimum Gasteiger partial charge on any atom is -0.453 e. The summed E-state index contributed by atoms with van der Waals surface area (Å²) in [5, 5.41) is 10.9. The highest BCUT2D eigenvalue weighted by molar-refractivity contribution is 9.10. The van der Waals surface area contributed by atoms with Crippen molar-refractivity contribution in [2.45, 2.75) is 0 Å². The summed E-state index contributed by atoms with van der Waals surface area (Å²) in [6, 6.07) is 1.79. The van der Waals surface area contributed by atoms with Crippen molar-refractivity contribution >= 4 is 27.8 Å². The summed E-state index contributed by atoms with van der Waals surface area (Å²) in [5.41, 5.74) is 0.0183. The highest BCUT2D eigenvalue weighted by Gasteiger charge is 2.09. The van der Waals surface area contributed by atoms with Gasteiger partial charge in [-0.15, -0.1) is 0 Å². The summed E-state index contributed by atoms with van der Waals surface area (Å²) in [6.45, 7) is 0. The van der Waals surface area contributed by atoms with Gasteiger partial charge in [-0.2, -0.15) is 5.26 Å². The minimum absolute atomic E-state index is 0.0183. The number of aromatic nitrogens is 2. The zero-order chi connectivity index (χ0) is 10.6. The van der Waals surface area contributed by atoms with Crippen LogP contribution in [0.1, 0.15) is 5.69 Å². The van der Waals surface area contributed by atoms with Gasteiger partial charge in [0.15, 0.2) is 11.5 Å². The Kier molecular flexibility index (Phi) is 3.36. The molecule has 6 nitrogen and oxygen atoms in total. The van der Waals surface area contributed by atoms with Crippen molar-refractivity contribution in [1.82, 2.24) is 9.97 Å². The van der Waals surface area contributed by atoms with E-state index in [1.54, 1.807) is 6.07 Å². The molecule has 0 bridgehead atoms. The van der Waals surface area contributed by atoms with E-state index in [1.807, 2.05) is 0 Å². The number of hydrogen-bond acceptors (Lipinski definition) is 5. The molecule has 1 heterocycles. The summed E-state index contributed by atoms with van der Waals surface area (Å²) in [4.78, 5) is 18.4. The van der Waals surface area contributed by atoms with Crippen LogP contribution in [0.15, 0.2) is 10.8 Å². The fourth-order valence-corrected chi connectivity index (χ4v) is 0.964. The summed E-state index contributed by atoms with van der Waals surface area (Å²) in [6.07, 6.45) is 0.671. The molecule has 7 heteroatoms. The van der Waals surface area contributed by atoms with E-state index in [0.29, 0.717) is 4.60 Å². The smallest absolute Gasteiger partial charge is 0.412 e. The Balaban J connectivity index is 2.98. The molecule has 14 heavy (non-hydrogen) atoms. The molecule has 0 spiro atoms. The Morgan fingerprint density at radius 3 is 3.07 bits per heavy atom. The number of rotatable bonds is 1. The van der Waals surface area contributed by atoms with Gasteiger partial charge in [0.25, 0.3) is 0 Å². The van der Waals surface area contributed by atoms with E-state index < -0.39 is 6.09 Å². The number of halogens is 1. The lowest BCUT2D eigenvalue weighted by molar-refractivity contribution is 0.187. The first-order chi connectivity index (χ1) is 6.67. The van der Waals surface area contributed by atoms with Crippen LogP contribution >= 0.6 is 15.9 Å². The van der Waals surface area contributed by atoms with Crippen molar-refractivity contribution in [3.8, 4) is 6.07 Å². The molecule has 0 aromatic carbocycles. The van der Waals surface area contributed by atoms with Crippen molar-refractivity contribution in [3.63, 3.8) is 0 Å². The Bertz CT molecular complexity index is 401. The highest BCUT2D eigenvalue weighted by Crippen LogP contribution is 2.12. The maximum absolute atomic E-state index is 10.8. The molecule has 72 valence electrons. The number of anilines is 1. The van der Waals surface area contributed by atoms with E-state index in [-0.39, 0.29) is 11.5 Å². The van der Waals surface area contributed by atoms with Gasteiger partial charge in [-0.3, -0.25) is 5.32 Å². The number of nitriles is 1.